The molecule has 24 heavy (non-hydrogen) atoms. The summed E-state index contributed by atoms with van der Waals surface area (Å²) in [4.78, 5) is 37.2. The first-order valence-corrected chi connectivity index (χ1v) is 7.66. The minimum Gasteiger partial charge on any atom is -0.389 e. The number of Topliss-reactive ketones (excluding diaryl/α,β-unsaturated/α-hetero) is 1. The first-order chi connectivity index (χ1) is 11.2. The second kappa shape index (κ2) is 6.68. The van der Waals surface area contributed by atoms with E-state index in [1.165, 1.54) is 39.2 Å². The molecule has 7 heteroatoms. The number of hydrogen-bond acceptors (Lipinski definition) is 4. The minimum atomic E-state index is -1.64. The summed E-state index contributed by atoms with van der Waals surface area (Å²) in [5.74, 6) is -5.28. The van der Waals surface area contributed by atoms with Crippen molar-refractivity contribution < 1.29 is 23.9 Å². The Bertz CT molecular complexity index is 674. The molecular weight excluding hydrogens is 315 g/mol. The lowest BCUT2D eigenvalue weighted by atomic mass is 9.61. The predicted molar refractivity (Wildman–Crippen MR) is 84.5 cm³/mol. The van der Waals surface area contributed by atoms with Gasteiger partial charge in [0.05, 0.1) is 11.5 Å². The number of ketones is 1. The van der Waals surface area contributed by atoms with Gasteiger partial charge in [-0.15, -0.1) is 0 Å². The Labute approximate surface area is 139 Å². The van der Waals surface area contributed by atoms with E-state index >= 15 is 0 Å². The van der Waals surface area contributed by atoms with Gasteiger partial charge in [0, 0.05) is 26.4 Å². The van der Waals surface area contributed by atoms with Crippen LogP contribution in [0.15, 0.2) is 24.3 Å². The highest BCUT2D eigenvalue weighted by molar-refractivity contribution is 6.05. The van der Waals surface area contributed by atoms with Crippen LogP contribution in [0.3, 0.4) is 0 Å². The van der Waals surface area contributed by atoms with Gasteiger partial charge in [-0.3, -0.25) is 14.4 Å². The van der Waals surface area contributed by atoms with E-state index in [1.807, 2.05) is 0 Å². The highest BCUT2D eigenvalue weighted by atomic mass is 19.1. The number of hydrogen-bond donors (Lipinski definition) is 3. The summed E-state index contributed by atoms with van der Waals surface area (Å²) in [7, 11) is 2.80. The van der Waals surface area contributed by atoms with Crippen molar-refractivity contribution in [2.75, 3.05) is 14.1 Å². The van der Waals surface area contributed by atoms with Crippen LogP contribution in [0.1, 0.15) is 24.8 Å². The lowest BCUT2D eigenvalue weighted by Crippen LogP contribution is -2.57. The molecule has 0 heterocycles. The number of benzene rings is 1. The van der Waals surface area contributed by atoms with Gasteiger partial charge in [-0.1, -0.05) is 12.1 Å². The van der Waals surface area contributed by atoms with Gasteiger partial charge >= 0.3 is 0 Å². The van der Waals surface area contributed by atoms with Crippen LogP contribution in [-0.4, -0.2) is 42.4 Å². The Morgan fingerprint density at radius 1 is 1.25 bits per heavy atom. The Kier molecular flexibility index (Phi) is 5.03. The van der Waals surface area contributed by atoms with Gasteiger partial charge in [0.15, 0.2) is 0 Å². The summed E-state index contributed by atoms with van der Waals surface area (Å²) in [6.07, 6.45) is -0.324. The van der Waals surface area contributed by atoms with Crippen molar-refractivity contribution in [1.82, 2.24) is 10.6 Å². The molecule has 1 aliphatic carbocycles. The molecule has 1 aromatic rings. The molecule has 0 bridgehead atoms. The zero-order chi connectivity index (χ0) is 18.1. The summed E-state index contributed by atoms with van der Waals surface area (Å²) < 4.78 is 13.7. The molecule has 1 saturated carbocycles. The molecule has 1 aliphatic rings. The second-order valence-corrected chi connectivity index (χ2v) is 6.26. The van der Waals surface area contributed by atoms with Gasteiger partial charge < -0.3 is 15.7 Å². The van der Waals surface area contributed by atoms with Crippen molar-refractivity contribution in [3.8, 4) is 0 Å². The zero-order valence-electron chi connectivity index (χ0n) is 13.8. The summed E-state index contributed by atoms with van der Waals surface area (Å²) in [5.41, 5.74) is -1.32. The molecule has 130 valence electrons. The Morgan fingerprint density at radius 2 is 1.88 bits per heavy atom. The van der Waals surface area contributed by atoms with Gasteiger partial charge in [-0.2, -0.15) is 0 Å². The minimum absolute atomic E-state index is 0.324. The monoisotopic (exact) mass is 336 g/mol. The first kappa shape index (κ1) is 18.1. The number of rotatable bonds is 3. The fourth-order valence-corrected chi connectivity index (χ4v) is 3.52. The molecule has 2 rings (SSSR count). The fraction of sp³-hybridized carbons (Fsp3) is 0.471. The zero-order valence-corrected chi connectivity index (χ0v) is 13.8. The second-order valence-electron chi connectivity index (χ2n) is 6.26. The topological polar surface area (TPSA) is 95.5 Å². The SMILES string of the molecule is CNC(=O)[C@@H]1C(=O)C[C@](C)(O)[C@@H](C(=O)NC)[C@@H]1c1cccc(F)c1. The third kappa shape index (κ3) is 3.17. The lowest BCUT2D eigenvalue weighted by molar-refractivity contribution is -0.154. The van der Waals surface area contributed by atoms with Crippen molar-refractivity contribution >= 4 is 17.6 Å². The maximum absolute atomic E-state index is 13.7. The van der Waals surface area contributed by atoms with E-state index in [0.717, 1.165) is 0 Å². The number of amides is 2. The van der Waals surface area contributed by atoms with E-state index in [2.05, 4.69) is 10.6 Å². The van der Waals surface area contributed by atoms with Crippen molar-refractivity contribution in [1.29, 1.82) is 0 Å². The molecule has 3 N–H and O–H groups in total. The molecule has 2 amide bonds. The van der Waals surface area contributed by atoms with E-state index in [0.29, 0.717) is 5.56 Å². The van der Waals surface area contributed by atoms with Gasteiger partial charge in [0.25, 0.3) is 0 Å². The Balaban J connectivity index is 2.65. The summed E-state index contributed by atoms with van der Waals surface area (Å²) >= 11 is 0. The molecule has 0 aromatic heterocycles. The van der Waals surface area contributed by atoms with E-state index < -0.39 is 46.8 Å². The van der Waals surface area contributed by atoms with E-state index in [4.69, 9.17) is 0 Å². The van der Waals surface area contributed by atoms with Crippen molar-refractivity contribution in [2.45, 2.75) is 24.9 Å². The van der Waals surface area contributed by atoms with Gasteiger partial charge in [-0.05, 0) is 24.6 Å². The van der Waals surface area contributed by atoms with Crippen LogP contribution in [-0.2, 0) is 14.4 Å². The van der Waals surface area contributed by atoms with Gasteiger partial charge in [0.2, 0.25) is 11.8 Å². The van der Waals surface area contributed by atoms with Crippen LogP contribution in [0, 0.1) is 17.7 Å². The molecule has 0 saturated heterocycles. The fourth-order valence-electron chi connectivity index (χ4n) is 3.52. The van der Waals surface area contributed by atoms with E-state index in [1.54, 1.807) is 6.07 Å². The van der Waals surface area contributed by atoms with Crippen LogP contribution >= 0.6 is 0 Å². The Morgan fingerprint density at radius 3 is 2.42 bits per heavy atom. The molecule has 0 aliphatic heterocycles. The molecule has 1 aromatic carbocycles. The third-order valence-corrected chi connectivity index (χ3v) is 4.56. The molecule has 0 unspecified atom stereocenters. The van der Waals surface area contributed by atoms with Crippen molar-refractivity contribution in [3.05, 3.63) is 35.6 Å². The van der Waals surface area contributed by atoms with Gasteiger partial charge in [-0.25, -0.2) is 4.39 Å². The van der Waals surface area contributed by atoms with Crippen molar-refractivity contribution in [2.24, 2.45) is 11.8 Å². The smallest absolute Gasteiger partial charge is 0.230 e. The van der Waals surface area contributed by atoms with E-state index in [-0.39, 0.29) is 6.42 Å². The number of carbonyl (C=O) groups excluding carboxylic acids is 3. The maximum Gasteiger partial charge on any atom is 0.230 e. The molecule has 6 nitrogen and oxygen atoms in total. The maximum atomic E-state index is 13.7. The van der Waals surface area contributed by atoms with Crippen LogP contribution < -0.4 is 10.6 Å². The van der Waals surface area contributed by atoms with Gasteiger partial charge in [0.1, 0.15) is 17.5 Å². The van der Waals surface area contributed by atoms with Crippen LogP contribution in [0.4, 0.5) is 4.39 Å². The summed E-state index contributed by atoms with van der Waals surface area (Å²) in [6.45, 7) is 1.39. The van der Waals surface area contributed by atoms with Crippen LogP contribution in [0.5, 0.6) is 0 Å². The predicted octanol–water partition coefficient (Wildman–Crippen LogP) is 0.357. The van der Waals surface area contributed by atoms with Crippen LogP contribution in [0.25, 0.3) is 0 Å². The molecule has 4 atom stereocenters. The Hall–Kier alpha value is -2.28. The average molecular weight is 336 g/mol. The molecule has 0 spiro atoms. The largest absolute Gasteiger partial charge is 0.389 e. The molecule has 1 fully saturated rings. The first-order valence-electron chi connectivity index (χ1n) is 7.66. The summed E-state index contributed by atoms with van der Waals surface area (Å²) in [5, 5.41) is 15.6. The van der Waals surface area contributed by atoms with Crippen LogP contribution in [0.2, 0.25) is 0 Å². The normalized spacial score (nSPS) is 29.9. The van der Waals surface area contributed by atoms with E-state index in [9.17, 15) is 23.9 Å². The highest BCUT2D eigenvalue weighted by Gasteiger charge is 2.55. The number of halogens is 1. The third-order valence-electron chi connectivity index (χ3n) is 4.56. The number of aliphatic hydroxyl groups is 1. The molecular formula is C17H21FN2O4. The van der Waals surface area contributed by atoms with Crippen molar-refractivity contribution in [3.63, 3.8) is 0 Å². The average Bonchev–Trinajstić information content (AvgIpc) is 2.52. The highest BCUT2D eigenvalue weighted by Crippen LogP contribution is 2.45. The number of nitrogens with one attached hydrogen (secondary N) is 2. The number of carbonyl (C=O) groups is 3. The molecule has 0 radical (unpaired) electrons. The summed E-state index contributed by atoms with van der Waals surface area (Å²) in [6, 6.07) is 5.41. The quantitative estimate of drug-likeness (QED) is 0.695. The standard InChI is InChI=1S/C17H21FN2O4/c1-17(24)8-11(21)13(15(22)19-2)12(14(17)16(23)20-3)9-5-4-6-10(18)7-9/h4-7,12-14,24H,8H2,1-3H3,(H,19,22)(H,20,23)/t12-,13-,14-,17+/m1/s1. The lowest BCUT2D eigenvalue weighted by Gasteiger charge is -2.44.